The number of imide groups is 1. The van der Waals surface area contributed by atoms with Gasteiger partial charge in [0, 0.05) is 5.56 Å². The Labute approximate surface area is 155 Å². The molecule has 2 aromatic carbocycles. The van der Waals surface area contributed by atoms with E-state index < -0.39 is 0 Å². The summed E-state index contributed by atoms with van der Waals surface area (Å²) in [6.45, 7) is 3.67. The van der Waals surface area contributed by atoms with Gasteiger partial charge in [0.15, 0.2) is 11.5 Å². The molecule has 2 aromatic rings. The zero-order chi connectivity index (χ0) is 18.7. The number of thioether (sulfide) groups is 1. The van der Waals surface area contributed by atoms with E-state index >= 15 is 0 Å². The number of aromatic hydroxyl groups is 1. The number of allylic oxidation sites excluding steroid dienone is 1. The molecular weight excluding hydrogens is 350 g/mol. The fraction of sp³-hybridized carbons (Fsp3) is 0.100. The van der Waals surface area contributed by atoms with E-state index in [4.69, 9.17) is 4.74 Å². The van der Waals surface area contributed by atoms with Crippen LogP contribution < -0.4 is 9.64 Å². The van der Waals surface area contributed by atoms with Gasteiger partial charge in [-0.1, -0.05) is 24.3 Å². The average Bonchev–Trinajstić information content (AvgIpc) is 2.92. The lowest BCUT2D eigenvalue weighted by Gasteiger charge is -2.12. The molecule has 1 heterocycles. The molecule has 26 heavy (non-hydrogen) atoms. The van der Waals surface area contributed by atoms with Crippen LogP contribution in [0.25, 0.3) is 6.08 Å². The molecule has 0 atom stereocenters. The van der Waals surface area contributed by atoms with Crippen molar-refractivity contribution in [2.24, 2.45) is 0 Å². The summed E-state index contributed by atoms with van der Waals surface area (Å²) in [5, 5.41) is 9.82. The third-order valence-electron chi connectivity index (χ3n) is 3.87. The van der Waals surface area contributed by atoms with Crippen molar-refractivity contribution < 1.29 is 19.4 Å². The summed E-state index contributed by atoms with van der Waals surface area (Å²) in [4.78, 5) is 26.4. The second-order valence-corrected chi connectivity index (χ2v) is 6.57. The Bertz CT molecular complexity index is 906. The molecule has 2 amide bonds. The predicted molar refractivity (Wildman–Crippen MR) is 103 cm³/mol. The van der Waals surface area contributed by atoms with Crippen molar-refractivity contribution in [1.82, 2.24) is 0 Å². The molecule has 1 fully saturated rings. The molecule has 0 radical (unpaired) electrons. The maximum absolute atomic E-state index is 12.7. The van der Waals surface area contributed by atoms with Crippen LogP contribution in [0.3, 0.4) is 0 Å². The quantitative estimate of drug-likeness (QED) is 0.628. The van der Waals surface area contributed by atoms with E-state index in [9.17, 15) is 14.7 Å². The summed E-state index contributed by atoms with van der Waals surface area (Å²) in [5.41, 5.74) is 1.83. The molecule has 0 spiro atoms. The number of rotatable bonds is 5. The van der Waals surface area contributed by atoms with Gasteiger partial charge in [-0.2, -0.15) is 0 Å². The largest absolute Gasteiger partial charge is 0.504 e. The van der Waals surface area contributed by atoms with Crippen LogP contribution in [0.15, 0.2) is 60.0 Å². The number of carbonyl (C=O) groups is 2. The third kappa shape index (κ3) is 3.36. The van der Waals surface area contributed by atoms with Gasteiger partial charge in [-0.05, 0) is 54.1 Å². The molecule has 0 unspecified atom stereocenters. The van der Waals surface area contributed by atoms with Crippen LogP contribution >= 0.6 is 11.8 Å². The van der Waals surface area contributed by atoms with Gasteiger partial charge in [0.1, 0.15) is 0 Å². The number of para-hydroxylation sites is 1. The Balaban J connectivity index is 1.98. The van der Waals surface area contributed by atoms with E-state index in [0.29, 0.717) is 33.9 Å². The number of ether oxygens (including phenoxy) is 1. The summed E-state index contributed by atoms with van der Waals surface area (Å²) in [6, 6.07) is 12.2. The van der Waals surface area contributed by atoms with Crippen molar-refractivity contribution in [3.63, 3.8) is 0 Å². The molecule has 6 heteroatoms. The van der Waals surface area contributed by atoms with Crippen LogP contribution in [0.2, 0.25) is 0 Å². The van der Waals surface area contributed by atoms with Gasteiger partial charge in [-0.25, -0.2) is 4.90 Å². The van der Waals surface area contributed by atoms with Gasteiger partial charge in [-0.15, -0.1) is 6.58 Å². The summed E-state index contributed by atoms with van der Waals surface area (Å²) in [7, 11) is 1.46. The standard InChI is InChI=1S/C20H17NO4S/c1-3-7-14-10-13(11-16(25-2)18(14)22)12-17-19(23)21(20(24)26-17)15-8-5-4-6-9-15/h3-6,8-12,22H,1,7H2,2H3/b17-12-. The fourth-order valence-electron chi connectivity index (χ4n) is 2.66. The summed E-state index contributed by atoms with van der Waals surface area (Å²) < 4.78 is 5.19. The van der Waals surface area contributed by atoms with Gasteiger partial charge in [0.2, 0.25) is 0 Å². The van der Waals surface area contributed by atoms with E-state index in [1.807, 2.05) is 6.07 Å². The number of hydrogen-bond donors (Lipinski definition) is 1. The molecule has 5 nitrogen and oxygen atoms in total. The number of methoxy groups -OCH3 is 1. The van der Waals surface area contributed by atoms with Crippen LogP contribution in [0, 0.1) is 0 Å². The molecule has 1 saturated heterocycles. The molecule has 0 aliphatic carbocycles. The van der Waals surface area contributed by atoms with Gasteiger partial charge in [0.05, 0.1) is 17.7 Å². The van der Waals surface area contributed by atoms with E-state index in [1.54, 1.807) is 48.6 Å². The summed E-state index contributed by atoms with van der Waals surface area (Å²) in [5.74, 6) is -0.0247. The monoisotopic (exact) mass is 367 g/mol. The zero-order valence-electron chi connectivity index (χ0n) is 14.1. The number of phenolic OH excluding ortho intramolecular Hbond substituents is 1. The Hall–Kier alpha value is -2.99. The lowest BCUT2D eigenvalue weighted by molar-refractivity contribution is -0.113. The highest BCUT2D eigenvalue weighted by Crippen LogP contribution is 2.37. The minimum atomic E-state index is -0.372. The molecule has 0 saturated carbocycles. The Morgan fingerprint density at radius 2 is 1.96 bits per heavy atom. The number of nitrogens with zero attached hydrogens (tertiary/aromatic N) is 1. The van der Waals surface area contributed by atoms with Gasteiger partial charge < -0.3 is 9.84 Å². The molecule has 0 bridgehead atoms. The number of hydrogen-bond acceptors (Lipinski definition) is 5. The second kappa shape index (κ2) is 7.49. The fourth-order valence-corrected chi connectivity index (χ4v) is 3.50. The van der Waals surface area contributed by atoms with Crippen molar-refractivity contribution in [2.75, 3.05) is 12.0 Å². The maximum Gasteiger partial charge on any atom is 0.298 e. The highest BCUT2D eigenvalue weighted by molar-refractivity contribution is 8.19. The number of benzene rings is 2. The first-order valence-electron chi connectivity index (χ1n) is 7.89. The maximum atomic E-state index is 12.7. The highest BCUT2D eigenvalue weighted by atomic mass is 32.2. The third-order valence-corrected chi connectivity index (χ3v) is 4.74. The number of phenols is 1. The molecule has 3 rings (SSSR count). The minimum absolute atomic E-state index is 0.0435. The molecule has 0 aromatic heterocycles. The van der Waals surface area contributed by atoms with Crippen LogP contribution in [0.5, 0.6) is 11.5 Å². The van der Waals surface area contributed by atoms with E-state index in [1.165, 1.54) is 7.11 Å². The SMILES string of the molecule is C=CCc1cc(/C=C2\SC(=O)N(c3ccccc3)C2=O)cc(OC)c1O. The Morgan fingerprint density at radius 1 is 1.23 bits per heavy atom. The van der Waals surface area contributed by atoms with Crippen LogP contribution in [-0.2, 0) is 11.2 Å². The summed E-state index contributed by atoms with van der Waals surface area (Å²) >= 11 is 0.883. The first kappa shape index (κ1) is 17.8. The molecule has 1 N–H and O–H groups in total. The topological polar surface area (TPSA) is 66.8 Å². The van der Waals surface area contributed by atoms with Crippen molar-refractivity contribution >= 4 is 34.7 Å². The Kier molecular flexibility index (Phi) is 5.14. The van der Waals surface area contributed by atoms with Crippen molar-refractivity contribution in [2.45, 2.75) is 6.42 Å². The normalized spacial score (nSPS) is 15.6. The second-order valence-electron chi connectivity index (χ2n) is 5.58. The average molecular weight is 367 g/mol. The minimum Gasteiger partial charge on any atom is -0.504 e. The van der Waals surface area contributed by atoms with Gasteiger partial charge in [-0.3, -0.25) is 9.59 Å². The Morgan fingerprint density at radius 3 is 2.62 bits per heavy atom. The van der Waals surface area contributed by atoms with E-state index in [2.05, 4.69) is 6.58 Å². The lowest BCUT2D eigenvalue weighted by Crippen LogP contribution is -2.27. The van der Waals surface area contributed by atoms with E-state index in [-0.39, 0.29) is 16.9 Å². The van der Waals surface area contributed by atoms with Gasteiger partial charge in [0.25, 0.3) is 11.1 Å². The van der Waals surface area contributed by atoms with Crippen LogP contribution in [-0.4, -0.2) is 23.4 Å². The van der Waals surface area contributed by atoms with Crippen molar-refractivity contribution in [3.8, 4) is 11.5 Å². The first-order chi connectivity index (χ1) is 12.5. The molecule has 132 valence electrons. The molecule has 1 aliphatic rings. The van der Waals surface area contributed by atoms with Crippen molar-refractivity contribution in [1.29, 1.82) is 0 Å². The predicted octanol–water partition coefficient (Wildman–Crippen LogP) is 4.37. The smallest absolute Gasteiger partial charge is 0.298 e. The van der Waals surface area contributed by atoms with Gasteiger partial charge >= 0.3 is 0 Å². The molecular formula is C20H17NO4S. The molecule has 1 aliphatic heterocycles. The number of anilines is 1. The van der Waals surface area contributed by atoms with Crippen molar-refractivity contribution in [3.05, 3.63) is 71.2 Å². The summed E-state index contributed by atoms with van der Waals surface area (Å²) in [6.07, 6.45) is 3.75. The lowest BCUT2D eigenvalue weighted by atomic mass is 10.1. The highest BCUT2D eigenvalue weighted by Gasteiger charge is 2.36. The zero-order valence-corrected chi connectivity index (χ0v) is 15.0. The first-order valence-corrected chi connectivity index (χ1v) is 8.70. The number of carbonyl (C=O) groups excluding carboxylic acids is 2. The van der Waals surface area contributed by atoms with E-state index in [0.717, 1.165) is 16.7 Å². The number of amides is 2. The van der Waals surface area contributed by atoms with Crippen LogP contribution in [0.1, 0.15) is 11.1 Å². The van der Waals surface area contributed by atoms with Crippen LogP contribution in [0.4, 0.5) is 10.5 Å².